The molecule has 0 unspecified atom stereocenters. The third-order valence-electron chi connectivity index (χ3n) is 3.07. The Labute approximate surface area is 138 Å². The lowest BCUT2D eigenvalue weighted by molar-refractivity contribution is -0.0328. The third kappa shape index (κ3) is 6.17. The number of benzene rings is 1. The lowest BCUT2D eigenvalue weighted by Crippen LogP contribution is -2.19. The van der Waals surface area contributed by atoms with E-state index < -0.39 is 35.7 Å². The van der Waals surface area contributed by atoms with Gasteiger partial charge in [-0.25, -0.2) is 4.39 Å². The van der Waals surface area contributed by atoms with E-state index in [2.05, 4.69) is 0 Å². The van der Waals surface area contributed by atoms with E-state index in [1.807, 2.05) is 0 Å². The number of nitrogens with zero attached hydrogens (tertiary/aromatic N) is 2. The molecule has 0 atom stereocenters. The van der Waals surface area contributed by atoms with Crippen LogP contribution in [0.15, 0.2) is 41.1 Å². The van der Waals surface area contributed by atoms with Crippen LogP contribution in [-0.2, 0) is 6.42 Å². The van der Waals surface area contributed by atoms with Gasteiger partial charge in [-0.1, -0.05) is 12.1 Å². The molecule has 0 N–H and O–H groups in total. The second-order valence-electron chi connectivity index (χ2n) is 4.84. The second-order valence-corrected chi connectivity index (χ2v) is 5.98. The summed E-state index contributed by atoms with van der Waals surface area (Å²) in [6.45, 7) is 0. The zero-order chi connectivity index (χ0) is 18.4. The molecule has 1 aromatic rings. The minimum Gasteiger partial charge on any atom is -0.206 e. The fraction of sp³-hybridized carbons (Fsp3) is 0.333. The largest absolute Gasteiger partial charge is 0.446 e. The molecule has 0 spiro atoms. The molecule has 0 amide bonds. The smallest absolute Gasteiger partial charge is 0.206 e. The molecule has 128 valence electrons. The zero-order valence-corrected chi connectivity index (χ0v) is 12.8. The summed E-state index contributed by atoms with van der Waals surface area (Å²) in [6, 6.07) is 8.32. The van der Waals surface area contributed by atoms with E-state index in [9.17, 15) is 26.3 Å². The van der Waals surface area contributed by atoms with Crippen LogP contribution in [0.2, 0.25) is 0 Å². The summed E-state index contributed by atoms with van der Waals surface area (Å²) in [5.41, 5.74) is -5.81. The Hall–Kier alpha value is -2.13. The number of halogens is 6. The van der Waals surface area contributed by atoms with E-state index in [0.717, 1.165) is 0 Å². The summed E-state index contributed by atoms with van der Waals surface area (Å²) in [5.74, 6) is -1.69. The molecule has 1 aromatic carbocycles. The van der Waals surface area contributed by atoms with E-state index in [4.69, 9.17) is 10.5 Å². The maximum Gasteiger partial charge on any atom is 0.446 e. The van der Waals surface area contributed by atoms with Crippen LogP contribution >= 0.6 is 11.8 Å². The molecule has 9 heteroatoms. The fourth-order valence-corrected chi connectivity index (χ4v) is 2.42. The van der Waals surface area contributed by atoms with Crippen molar-refractivity contribution < 1.29 is 26.3 Å². The van der Waals surface area contributed by atoms with Crippen molar-refractivity contribution >= 4 is 11.8 Å². The predicted molar refractivity (Wildman–Crippen MR) is 75.3 cm³/mol. The molecule has 0 aromatic heterocycles. The molecule has 0 aliphatic rings. The predicted octanol–water partition coefficient (Wildman–Crippen LogP) is 5.73. The Balaban J connectivity index is 2.88. The Kier molecular flexibility index (Phi) is 6.73. The molecule has 0 saturated heterocycles. The van der Waals surface area contributed by atoms with Crippen molar-refractivity contribution in [2.45, 2.75) is 29.7 Å². The summed E-state index contributed by atoms with van der Waals surface area (Å²) in [5, 5.41) is 18.3. The first kappa shape index (κ1) is 19.9. The molecule has 0 bridgehead atoms. The number of allylic oxidation sites excluding steroid dienone is 1. The van der Waals surface area contributed by atoms with Crippen LogP contribution in [0.3, 0.4) is 0 Å². The molecule has 0 fully saturated rings. The maximum absolute atomic E-state index is 12.9. The standard InChI is InChI=1S/C15H10F6N2S/c16-12(13(17)18)5-6-14(8-22,9-23)7-10-1-3-11(4-2-10)24-15(19,20)21/h1-4H,5-7H2. The van der Waals surface area contributed by atoms with Gasteiger partial charge in [0.25, 0.3) is 0 Å². The molecule has 0 radical (unpaired) electrons. The van der Waals surface area contributed by atoms with Crippen LogP contribution < -0.4 is 0 Å². The first-order valence-corrected chi connectivity index (χ1v) is 7.29. The van der Waals surface area contributed by atoms with Crippen molar-refractivity contribution in [2.75, 3.05) is 0 Å². The highest BCUT2D eigenvalue weighted by atomic mass is 32.2. The molecule has 2 nitrogen and oxygen atoms in total. The van der Waals surface area contributed by atoms with Crippen LogP contribution in [0.4, 0.5) is 26.3 Å². The number of hydrogen-bond donors (Lipinski definition) is 0. The van der Waals surface area contributed by atoms with E-state index in [1.165, 1.54) is 24.3 Å². The summed E-state index contributed by atoms with van der Waals surface area (Å²) < 4.78 is 73.7. The highest BCUT2D eigenvalue weighted by Gasteiger charge is 2.32. The second kappa shape index (κ2) is 8.11. The lowest BCUT2D eigenvalue weighted by atomic mass is 9.80. The van der Waals surface area contributed by atoms with Gasteiger partial charge in [-0.2, -0.15) is 32.5 Å². The number of nitriles is 2. The first-order chi connectivity index (χ1) is 11.1. The first-order valence-electron chi connectivity index (χ1n) is 6.47. The summed E-state index contributed by atoms with van der Waals surface area (Å²) in [6.07, 6.45) is -3.94. The minimum atomic E-state index is -4.44. The van der Waals surface area contributed by atoms with Crippen LogP contribution in [0, 0.1) is 28.1 Å². The van der Waals surface area contributed by atoms with Crippen LogP contribution in [0.1, 0.15) is 18.4 Å². The molecule has 1 rings (SSSR count). The molecule has 24 heavy (non-hydrogen) atoms. The number of alkyl halides is 3. The molecular weight excluding hydrogens is 354 g/mol. The van der Waals surface area contributed by atoms with Crippen LogP contribution in [0.5, 0.6) is 0 Å². The maximum atomic E-state index is 12.9. The van der Waals surface area contributed by atoms with Gasteiger partial charge in [-0.3, -0.25) is 0 Å². The monoisotopic (exact) mass is 364 g/mol. The molecule has 0 saturated carbocycles. The van der Waals surface area contributed by atoms with Gasteiger partial charge < -0.3 is 0 Å². The third-order valence-corrected chi connectivity index (χ3v) is 3.81. The topological polar surface area (TPSA) is 47.6 Å². The van der Waals surface area contributed by atoms with Crippen molar-refractivity contribution in [1.82, 2.24) is 0 Å². The van der Waals surface area contributed by atoms with Crippen molar-refractivity contribution in [2.24, 2.45) is 5.41 Å². The van der Waals surface area contributed by atoms with Gasteiger partial charge in [-0.05, 0) is 35.9 Å². The van der Waals surface area contributed by atoms with Gasteiger partial charge in [0.05, 0.1) is 12.1 Å². The highest BCUT2D eigenvalue weighted by molar-refractivity contribution is 8.00. The van der Waals surface area contributed by atoms with E-state index in [1.54, 1.807) is 12.1 Å². The summed E-state index contributed by atoms with van der Waals surface area (Å²) >= 11 is -0.313. The normalized spacial score (nSPS) is 11.5. The molecule has 0 heterocycles. The van der Waals surface area contributed by atoms with Crippen molar-refractivity contribution in [1.29, 1.82) is 10.5 Å². The molecule has 0 aliphatic heterocycles. The average molecular weight is 364 g/mol. The minimum absolute atomic E-state index is 0.0701. The quantitative estimate of drug-likeness (QED) is 0.478. The average Bonchev–Trinajstić information content (AvgIpc) is 2.51. The highest BCUT2D eigenvalue weighted by Crippen LogP contribution is 2.37. The number of rotatable bonds is 6. The van der Waals surface area contributed by atoms with Crippen LogP contribution in [-0.4, -0.2) is 5.51 Å². The van der Waals surface area contributed by atoms with Gasteiger partial charge in [0.1, 0.15) is 5.41 Å². The van der Waals surface area contributed by atoms with Gasteiger partial charge in [0.15, 0.2) is 5.83 Å². The van der Waals surface area contributed by atoms with E-state index >= 15 is 0 Å². The van der Waals surface area contributed by atoms with Crippen molar-refractivity contribution in [3.8, 4) is 12.1 Å². The van der Waals surface area contributed by atoms with Crippen LogP contribution in [0.25, 0.3) is 0 Å². The molecular formula is C15H10F6N2S. The Morgan fingerprint density at radius 3 is 1.96 bits per heavy atom. The van der Waals surface area contributed by atoms with Gasteiger partial charge >= 0.3 is 11.6 Å². The van der Waals surface area contributed by atoms with Gasteiger partial charge in [0.2, 0.25) is 0 Å². The Morgan fingerprint density at radius 2 is 1.54 bits per heavy atom. The molecule has 0 aliphatic carbocycles. The van der Waals surface area contributed by atoms with E-state index in [-0.39, 0.29) is 23.1 Å². The Bertz CT molecular complexity index is 664. The fourth-order valence-electron chi connectivity index (χ4n) is 1.88. The van der Waals surface area contributed by atoms with Crippen molar-refractivity contribution in [3.63, 3.8) is 0 Å². The number of hydrogen-bond acceptors (Lipinski definition) is 3. The zero-order valence-electron chi connectivity index (χ0n) is 12.0. The van der Waals surface area contributed by atoms with Gasteiger partial charge in [-0.15, -0.1) is 0 Å². The van der Waals surface area contributed by atoms with E-state index in [0.29, 0.717) is 5.56 Å². The summed E-state index contributed by atoms with van der Waals surface area (Å²) in [4.78, 5) is -0.0701. The number of thioether (sulfide) groups is 1. The Morgan fingerprint density at radius 1 is 1.00 bits per heavy atom. The lowest BCUT2D eigenvalue weighted by Gasteiger charge is -2.18. The summed E-state index contributed by atoms with van der Waals surface area (Å²) in [7, 11) is 0. The van der Waals surface area contributed by atoms with Crippen molar-refractivity contribution in [3.05, 3.63) is 41.7 Å². The van der Waals surface area contributed by atoms with Gasteiger partial charge in [0, 0.05) is 17.7 Å². The SMILES string of the molecule is N#CC(C#N)(CCC(F)=C(F)F)Cc1ccc(SC(F)(F)F)cc1.